The second kappa shape index (κ2) is 8.19. The van der Waals surface area contributed by atoms with E-state index in [1.807, 2.05) is 47.0 Å². The number of hydrogen-bond acceptors (Lipinski definition) is 6. The van der Waals surface area contributed by atoms with Crippen LogP contribution in [0.15, 0.2) is 40.5 Å². The summed E-state index contributed by atoms with van der Waals surface area (Å²) in [6.45, 7) is 2.09. The van der Waals surface area contributed by atoms with Crippen molar-refractivity contribution in [2.45, 2.75) is 19.9 Å². The Bertz CT molecular complexity index is 1290. The van der Waals surface area contributed by atoms with Crippen molar-refractivity contribution in [2.75, 3.05) is 20.8 Å². The Labute approximate surface area is 176 Å². The molecule has 0 fully saturated rings. The molecule has 1 N–H and O–H groups in total. The molecule has 0 spiro atoms. The van der Waals surface area contributed by atoms with Gasteiger partial charge in [-0.2, -0.15) is 5.10 Å². The van der Waals surface area contributed by atoms with E-state index in [1.54, 1.807) is 25.6 Å². The Kier molecular flexibility index (Phi) is 5.45. The van der Waals surface area contributed by atoms with Crippen molar-refractivity contribution in [3.05, 3.63) is 57.5 Å². The van der Waals surface area contributed by atoms with E-state index in [2.05, 4.69) is 10.4 Å². The topological polar surface area (TPSA) is 86.9 Å². The summed E-state index contributed by atoms with van der Waals surface area (Å²) < 4.78 is 14.7. The second-order valence-corrected chi connectivity index (χ2v) is 7.77. The predicted octanol–water partition coefficient (Wildman–Crippen LogP) is 2.40. The van der Waals surface area contributed by atoms with Crippen LogP contribution in [0.4, 0.5) is 0 Å². The lowest BCUT2D eigenvalue weighted by Gasteiger charge is -2.12. The van der Waals surface area contributed by atoms with Gasteiger partial charge in [-0.15, -0.1) is 11.3 Å². The minimum atomic E-state index is -0.284. The number of aryl methyl sites for hydroxylation is 1. The van der Waals surface area contributed by atoms with E-state index in [-0.39, 0.29) is 18.0 Å². The monoisotopic (exact) mass is 426 g/mol. The van der Waals surface area contributed by atoms with Gasteiger partial charge in [0.1, 0.15) is 29.4 Å². The van der Waals surface area contributed by atoms with Crippen molar-refractivity contribution in [1.29, 1.82) is 0 Å². The number of fused-ring (bicyclic) bond motifs is 3. The Hall–Kier alpha value is -3.33. The first-order valence-corrected chi connectivity index (χ1v) is 10.3. The van der Waals surface area contributed by atoms with E-state index in [0.29, 0.717) is 24.3 Å². The molecule has 0 aliphatic carbocycles. The van der Waals surface area contributed by atoms with Gasteiger partial charge in [-0.1, -0.05) is 0 Å². The molecule has 30 heavy (non-hydrogen) atoms. The molecule has 1 amide bonds. The van der Waals surface area contributed by atoms with Crippen LogP contribution in [0.1, 0.15) is 11.4 Å². The number of rotatable bonds is 7. The summed E-state index contributed by atoms with van der Waals surface area (Å²) in [6.07, 6.45) is 0.571. The molecule has 0 aliphatic heterocycles. The lowest BCUT2D eigenvalue weighted by Crippen LogP contribution is -2.35. The predicted molar refractivity (Wildman–Crippen MR) is 116 cm³/mol. The maximum absolute atomic E-state index is 12.8. The minimum Gasteiger partial charge on any atom is -0.497 e. The van der Waals surface area contributed by atoms with Crippen LogP contribution in [-0.2, 0) is 17.8 Å². The van der Waals surface area contributed by atoms with Crippen LogP contribution in [0.5, 0.6) is 11.5 Å². The molecule has 0 saturated heterocycles. The van der Waals surface area contributed by atoms with E-state index in [4.69, 9.17) is 9.47 Å². The molecule has 1 aromatic carbocycles. The number of carbonyl (C=O) groups excluding carboxylic acids is 1. The maximum atomic E-state index is 12.8. The van der Waals surface area contributed by atoms with Gasteiger partial charge < -0.3 is 14.8 Å². The molecule has 4 aromatic rings. The average Bonchev–Trinajstić information content (AvgIpc) is 3.33. The number of carbonyl (C=O) groups is 1. The van der Waals surface area contributed by atoms with E-state index in [1.165, 1.54) is 4.68 Å². The molecule has 0 aliphatic rings. The molecule has 0 unspecified atom stereocenters. The van der Waals surface area contributed by atoms with Gasteiger partial charge in [0.2, 0.25) is 5.91 Å². The summed E-state index contributed by atoms with van der Waals surface area (Å²) in [5, 5.41) is 9.16. The molecule has 0 radical (unpaired) electrons. The van der Waals surface area contributed by atoms with Gasteiger partial charge in [0.15, 0.2) is 0 Å². The summed E-state index contributed by atoms with van der Waals surface area (Å²) in [6, 6.07) is 9.35. The molecular formula is C21H22N4O4S. The quantitative estimate of drug-likeness (QED) is 0.490. The van der Waals surface area contributed by atoms with Crippen molar-refractivity contribution in [3.63, 3.8) is 0 Å². The van der Waals surface area contributed by atoms with E-state index in [9.17, 15) is 9.59 Å². The fourth-order valence-corrected chi connectivity index (χ4v) is 4.34. The van der Waals surface area contributed by atoms with Crippen molar-refractivity contribution >= 4 is 33.0 Å². The van der Waals surface area contributed by atoms with Crippen LogP contribution in [0, 0.1) is 6.92 Å². The second-order valence-electron chi connectivity index (χ2n) is 6.82. The first kappa shape index (κ1) is 20.0. The molecule has 8 nitrogen and oxygen atoms in total. The highest BCUT2D eigenvalue weighted by Gasteiger charge is 2.15. The molecule has 0 saturated carbocycles. The summed E-state index contributed by atoms with van der Waals surface area (Å²) in [4.78, 5) is 25.2. The fraction of sp³-hybridized carbons (Fsp3) is 0.286. The van der Waals surface area contributed by atoms with Crippen LogP contribution >= 0.6 is 11.3 Å². The molecule has 4 rings (SSSR count). The third-order valence-electron chi connectivity index (χ3n) is 4.96. The summed E-state index contributed by atoms with van der Waals surface area (Å²) in [7, 11) is 3.21. The van der Waals surface area contributed by atoms with Crippen molar-refractivity contribution < 1.29 is 14.3 Å². The minimum absolute atomic E-state index is 0.135. The number of methoxy groups -OCH3 is 2. The molecule has 3 heterocycles. The average molecular weight is 426 g/mol. The number of nitrogens with zero attached hydrogens (tertiary/aromatic N) is 3. The SMILES string of the molecule is COc1ccc(OC)c(CCNC(=O)Cn2nc(C)n3c(cc4sccc43)c2=O)c1. The number of benzene rings is 1. The van der Waals surface area contributed by atoms with Crippen LogP contribution in [-0.4, -0.2) is 40.9 Å². The van der Waals surface area contributed by atoms with Crippen LogP contribution < -0.4 is 20.3 Å². The lowest BCUT2D eigenvalue weighted by atomic mass is 10.1. The lowest BCUT2D eigenvalue weighted by molar-refractivity contribution is -0.121. The van der Waals surface area contributed by atoms with E-state index in [0.717, 1.165) is 27.3 Å². The van der Waals surface area contributed by atoms with E-state index >= 15 is 0 Å². The highest BCUT2D eigenvalue weighted by Crippen LogP contribution is 2.25. The summed E-state index contributed by atoms with van der Waals surface area (Å²) in [5.74, 6) is 1.84. The number of nitrogens with one attached hydrogen (secondary N) is 1. The maximum Gasteiger partial charge on any atom is 0.291 e. The molecule has 9 heteroatoms. The van der Waals surface area contributed by atoms with Gasteiger partial charge in [0, 0.05) is 6.54 Å². The zero-order chi connectivity index (χ0) is 21.3. The Morgan fingerprint density at radius 1 is 1.17 bits per heavy atom. The third kappa shape index (κ3) is 3.63. The number of hydrogen-bond donors (Lipinski definition) is 1. The molecule has 3 aromatic heterocycles. The van der Waals surface area contributed by atoms with Gasteiger partial charge in [0.25, 0.3) is 5.56 Å². The number of ether oxygens (including phenoxy) is 2. The van der Waals surface area contributed by atoms with Gasteiger partial charge in [-0.25, -0.2) is 4.68 Å². The Morgan fingerprint density at radius 3 is 2.77 bits per heavy atom. The first-order valence-electron chi connectivity index (χ1n) is 9.46. The zero-order valence-corrected chi connectivity index (χ0v) is 17.8. The molecule has 156 valence electrons. The number of thiophene rings is 1. The van der Waals surface area contributed by atoms with Gasteiger partial charge in [-0.05, 0) is 54.6 Å². The molecule has 0 atom stereocenters. The van der Waals surface area contributed by atoms with Crippen LogP contribution in [0.25, 0.3) is 15.7 Å². The van der Waals surface area contributed by atoms with Crippen LogP contribution in [0.3, 0.4) is 0 Å². The zero-order valence-electron chi connectivity index (χ0n) is 17.0. The van der Waals surface area contributed by atoms with Crippen molar-refractivity contribution in [2.24, 2.45) is 0 Å². The van der Waals surface area contributed by atoms with Crippen molar-refractivity contribution in [1.82, 2.24) is 19.5 Å². The summed E-state index contributed by atoms with van der Waals surface area (Å²) >= 11 is 1.57. The normalized spacial score (nSPS) is 11.2. The van der Waals surface area contributed by atoms with E-state index < -0.39 is 0 Å². The largest absolute Gasteiger partial charge is 0.497 e. The summed E-state index contributed by atoms with van der Waals surface area (Å²) in [5.41, 5.74) is 2.13. The first-order chi connectivity index (χ1) is 14.5. The van der Waals surface area contributed by atoms with Gasteiger partial charge in [0.05, 0.1) is 24.4 Å². The number of aromatic nitrogens is 3. The smallest absolute Gasteiger partial charge is 0.291 e. The van der Waals surface area contributed by atoms with Gasteiger partial charge >= 0.3 is 0 Å². The highest BCUT2D eigenvalue weighted by molar-refractivity contribution is 7.17. The Balaban J connectivity index is 1.46. The fourth-order valence-electron chi connectivity index (χ4n) is 3.54. The van der Waals surface area contributed by atoms with Crippen molar-refractivity contribution in [3.8, 4) is 11.5 Å². The van der Waals surface area contributed by atoms with Gasteiger partial charge in [-0.3, -0.25) is 14.0 Å². The third-order valence-corrected chi connectivity index (χ3v) is 5.82. The molecular weight excluding hydrogens is 404 g/mol. The van der Waals surface area contributed by atoms with Crippen LogP contribution in [0.2, 0.25) is 0 Å². The highest BCUT2D eigenvalue weighted by atomic mass is 32.1. The Morgan fingerprint density at radius 2 is 2.00 bits per heavy atom. The number of amides is 1. The molecule has 0 bridgehead atoms. The standard InChI is InChI=1S/C21H22N4O4S/c1-13-23-24(21(27)17-11-19-16(25(13)17)7-9-30-19)12-20(26)22-8-6-14-10-15(28-2)4-5-18(14)29-3/h4-5,7,9-11H,6,8,12H2,1-3H3,(H,22,26).